The van der Waals surface area contributed by atoms with E-state index in [2.05, 4.69) is 5.32 Å². The van der Waals surface area contributed by atoms with Crippen LogP contribution in [0.2, 0.25) is 0 Å². The molecule has 0 saturated carbocycles. The zero-order chi connectivity index (χ0) is 14.7. The molecule has 1 fully saturated rings. The number of likely N-dealkylation sites (tertiary alicyclic amines) is 1. The number of amides is 2. The minimum absolute atomic E-state index is 0.0897. The Morgan fingerprint density at radius 3 is 2.75 bits per heavy atom. The Kier molecular flexibility index (Phi) is 4.22. The number of aliphatic carboxylic acids is 1. The summed E-state index contributed by atoms with van der Waals surface area (Å²) in [7, 11) is 0. The molecule has 0 aliphatic carbocycles. The van der Waals surface area contributed by atoms with Crippen LogP contribution in [0.4, 0.5) is 9.18 Å². The average molecular weight is 280 g/mol. The number of benzene rings is 1. The molecule has 0 spiro atoms. The van der Waals surface area contributed by atoms with Gasteiger partial charge in [0.05, 0.1) is 5.92 Å². The lowest BCUT2D eigenvalue weighted by atomic mass is 10.0. The first kappa shape index (κ1) is 14.3. The van der Waals surface area contributed by atoms with Gasteiger partial charge < -0.3 is 15.3 Å². The third-order valence-electron chi connectivity index (χ3n) is 3.72. The fraction of sp³-hybridized carbons (Fsp3) is 0.429. The highest BCUT2D eigenvalue weighted by Gasteiger charge is 2.37. The van der Waals surface area contributed by atoms with Gasteiger partial charge in [-0.2, -0.15) is 0 Å². The van der Waals surface area contributed by atoms with Crippen LogP contribution in [0.1, 0.15) is 18.9 Å². The summed E-state index contributed by atoms with van der Waals surface area (Å²) in [5, 5.41) is 11.6. The van der Waals surface area contributed by atoms with Crippen molar-refractivity contribution in [2.24, 2.45) is 5.92 Å². The van der Waals surface area contributed by atoms with E-state index in [0.29, 0.717) is 18.5 Å². The van der Waals surface area contributed by atoms with Crippen LogP contribution in [0.3, 0.4) is 0 Å². The zero-order valence-corrected chi connectivity index (χ0v) is 11.2. The van der Waals surface area contributed by atoms with Crippen LogP contribution in [-0.2, 0) is 11.3 Å². The molecule has 1 aromatic carbocycles. The molecule has 2 unspecified atom stereocenters. The number of rotatable bonds is 3. The Hall–Kier alpha value is -2.11. The van der Waals surface area contributed by atoms with Gasteiger partial charge in [-0.05, 0) is 19.4 Å². The molecule has 20 heavy (non-hydrogen) atoms. The Morgan fingerprint density at radius 2 is 2.15 bits per heavy atom. The van der Waals surface area contributed by atoms with E-state index in [-0.39, 0.29) is 24.4 Å². The molecule has 2 amide bonds. The van der Waals surface area contributed by atoms with Crippen LogP contribution in [0.25, 0.3) is 0 Å². The van der Waals surface area contributed by atoms with Crippen LogP contribution in [0, 0.1) is 11.7 Å². The van der Waals surface area contributed by atoms with E-state index < -0.39 is 11.9 Å². The highest BCUT2D eigenvalue weighted by molar-refractivity contribution is 5.78. The first-order valence-corrected chi connectivity index (χ1v) is 6.51. The van der Waals surface area contributed by atoms with E-state index in [1.54, 1.807) is 25.1 Å². The van der Waals surface area contributed by atoms with Gasteiger partial charge in [0.25, 0.3) is 0 Å². The number of carbonyl (C=O) groups is 2. The lowest BCUT2D eigenvalue weighted by Gasteiger charge is -2.23. The van der Waals surface area contributed by atoms with Gasteiger partial charge in [0.1, 0.15) is 5.82 Å². The summed E-state index contributed by atoms with van der Waals surface area (Å²) >= 11 is 0. The van der Waals surface area contributed by atoms with E-state index in [0.717, 1.165) is 0 Å². The molecule has 0 radical (unpaired) electrons. The molecule has 1 aliphatic heterocycles. The average Bonchev–Trinajstić information content (AvgIpc) is 2.79. The second kappa shape index (κ2) is 5.90. The van der Waals surface area contributed by atoms with Crippen molar-refractivity contribution in [3.8, 4) is 0 Å². The number of hydrogen-bond donors (Lipinski definition) is 2. The Morgan fingerprint density at radius 1 is 1.45 bits per heavy atom. The summed E-state index contributed by atoms with van der Waals surface area (Å²) in [6, 6.07) is 5.51. The molecule has 0 aromatic heterocycles. The minimum atomic E-state index is -0.887. The van der Waals surface area contributed by atoms with Gasteiger partial charge in [-0.15, -0.1) is 0 Å². The molecule has 0 bridgehead atoms. The quantitative estimate of drug-likeness (QED) is 0.887. The molecule has 1 aliphatic rings. The first-order valence-electron chi connectivity index (χ1n) is 6.51. The number of carboxylic acid groups (broad SMARTS) is 1. The predicted octanol–water partition coefficient (Wildman–Crippen LogP) is 1.83. The fourth-order valence-corrected chi connectivity index (χ4v) is 2.47. The maximum atomic E-state index is 13.4. The van der Waals surface area contributed by atoms with E-state index in [1.165, 1.54) is 11.0 Å². The standard InChI is InChI=1S/C14H17FN2O3/c1-9-11(13(18)19)6-7-17(9)14(20)16-8-10-4-2-3-5-12(10)15/h2-5,9,11H,6-8H2,1H3,(H,16,20)(H,18,19). The van der Waals surface area contributed by atoms with E-state index >= 15 is 0 Å². The summed E-state index contributed by atoms with van der Waals surface area (Å²) in [5.74, 6) is -1.79. The molecule has 1 heterocycles. The molecule has 108 valence electrons. The number of carbonyl (C=O) groups excluding carboxylic acids is 1. The number of hydrogen-bond acceptors (Lipinski definition) is 2. The number of carboxylic acids is 1. The maximum Gasteiger partial charge on any atom is 0.317 e. The molecular formula is C14H17FN2O3. The molecule has 2 N–H and O–H groups in total. The largest absolute Gasteiger partial charge is 0.481 e. The normalized spacial score (nSPS) is 21.8. The smallest absolute Gasteiger partial charge is 0.317 e. The number of halogens is 1. The summed E-state index contributed by atoms with van der Waals surface area (Å²) in [4.78, 5) is 24.5. The Labute approximate surface area is 116 Å². The molecule has 2 atom stereocenters. The monoisotopic (exact) mass is 280 g/mol. The lowest BCUT2D eigenvalue weighted by Crippen LogP contribution is -2.43. The van der Waals surface area contributed by atoms with Crippen molar-refractivity contribution >= 4 is 12.0 Å². The van der Waals surface area contributed by atoms with Crippen molar-refractivity contribution in [1.29, 1.82) is 0 Å². The molecule has 1 aromatic rings. The third-order valence-corrected chi connectivity index (χ3v) is 3.72. The molecular weight excluding hydrogens is 263 g/mol. The van der Waals surface area contributed by atoms with E-state index in [4.69, 9.17) is 5.11 Å². The van der Waals surface area contributed by atoms with Gasteiger partial charge in [0.15, 0.2) is 0 Å². The molecule has 2 rings (SSSR count). The van der Waals surface area contributed by atoms with Crippen molar-refractivity contribution in [2.45, 2.75) is 25.9 Å². The Bertz CT molecular complexity index is 521. The van der Waals surface area contributed by atoms with Crippen LogP contribution < -0.4 is 5.32 Å². The molecule has 1 saturated heterocycles. The van der Waals surface area contributed by atoms with Gasteiger partial charge in [-0.3, -0.25) is 4.79 Å². The van der Waals surface area contributed by atoms with Crippen LogP contribution in [-0.4, -0.2) is 34.6 Å². The van der Waals surface area contributed by atoms with E-state index in [9.17, 15) is 14.0 Å². The highest BCUT2D eigenvalue weighted by Crippen LogP contribution is 2.24. The van der Waals surface area contributed by atoms with Crippen LogP contribution >= 0.6 is 0 Å². The lowest BCUT2D eigenvalue weighted by molar-refractivity contribution is -0.142. The molecule has 6 heteroatoms. The van der Waals surface area contributed by atoms with Gasteiger partial charge in [-0.1, -0.05) is 18.2 Å². The Balaban J connectivity index is 1.93. The summed E-state index contributed by atoms with van der Waals surface area (Å²) in [6.07, 6.45) is 0.448. The third kappa shape index (κ3) is 2.89. The summed E-state index contributed by atoms with van der Waals surface area (Å²) in [6.45, 7) is 2.21. The van der Waals surface area contributed by atoms with Gasteiger partial charge in [0.2, 0.25) is 0 Å². The maximum absolute atomic E-state index is 13.4. The van der Waals surface area contributed by atoms with Crippen molar-refractivity contribution in [3.05, 3.63) is 35.6 Å². The van der Waals surface area contributed by atoms with Crippen molar-refractivity contribution in [3.63, 3.8) is 0 Å². The van der Waals surface area contributed by atoms with Crippen LogP contribution in [0.5, 0.6) is 0 Å². The second-order valence-electron chi connectivity index (χ2n) is 4.92. The van der Waals surface area contributed by atoms with Crippen molar-refractivity contribution in [2.75, 3.05) is 6.54 Å². The van der Waals surface area contributed by atoms with E-state index in [1.807, 2.05) is 0 Å². The van der Waals surface area contributed by atoms with Crippen molar-refractivity contribution in [1.82, 2.24) is 10.2 Å². The number of nitrogens with zero attached hydrogens (tertiary/aromatic N) is 1. The molecule has 5 nitrogen and oxygen atoms in total. The summed E-state index contributed by atoms with van der Waals surface area (Å²) < 4.78 is 13.4. The SMILES string of the molecule is CC1C(C(=O)O)CCN1C(=O)NCc1ccccc1F. The predicted molar refractivity (Wildman–Crippen MR) is 70.5 cm³/mol. The van der Waals surface area contributed by atoms with Gasteiger partial charge >= 0.3 is 12.0 Å². The van der Waals surface area contributed by atoms with Gasteiger partial charge in [0, 0.05) is 24.7 Å². The van der Waals surface area contributed by atoms with Gasteiger partial charge in [-0.25, -0.2) is 9.18 Å². The summed E-state index contributed by atoms with van der Waals surface area (Å²) in [5.41, 5.74) is 0.405. The fourth-order valence-electron chi connectivity index (χ4n) is 2.47. The highest BCUT2D eigenvalue weighted by atomic mass is 19.1. The van der Waals surface area contributed by atoms with Crippen LogP contribution in [0.15, 0.2) is 24.3 Å². The topological polar surface area (TPSA) is 69.6 Å². The zero-order valence-electron chi connectivity index (χ0n) is 11.2. The number of urea groups is 1. The first-order chi connectivity index (χ1) is 9.50. The minimum Gasteiger partial charge on any atom is -0.481 e. The second-order valence-corrected chi connectivity index (χ2v) is 4.92. The van der Waals surface area contributed by atoms with Crippen molar-refractivity contribution < 1.29 is 19.1 Å². The number of nitrogens with one attached hydrogen (secondary N) is 1.